The summed E-state index contributed by atoms with van der Waals surface area (Å²) in [5, 5.41) is 10.3. The summed E-state index contributed by atoms with van der Waals surface area (Å²) >= 11 is 0. The van der Waals surface area contributed by atoms with Crippen LogP contribution in [0.1, 0.15) is 26.7 Å². The molecule has 0 unspecified atom stereocenters. The van der Waals surface area contributed by atoms with Crippen molar-refractivity contribution >= 4 is 11.9 Å². The van der Waals surface area contributed by atoms with Gasteiger partial charge in [-0.2, -0.15) is 0 Å². The predicted octanol–water partition coefficient (Wildman–Crippen LogP) is 2.00. The number of aliphatic imine (C=N–C) groups is 1. The van der Waals surface area contributed by atoms with Crippen LogP contribution < -0.4 is 5.32 Å². The van der Waals surface area contributed by atoms with Gasteiger partial charge in [0.2, 0.25) is 0 Å². The molecule has 1 aliphatic rings. The second kappa shape index (κ2) is 4.51. The first-order valence-corrected chi connectivity index (χ1v) is 5.00. The Labute approximate surface area is 85.8 Å². The van der Waals surface area contributed by atoms with Gasteiger partial charge in [-0.25, -0.2) is 0 Å². The number of hydrogen-bond acceptors (Lipinski definition) is 3. The molecule has 2 N–H and O–H groups in total. The van der Waals surface area contributed by atoms with Crippen LogP contribution in [-0.4, -0.2) is 24.5 Å². The lowest BCUT2D eigenvalue weighted by Crippen LogP contribution is -2.50. The average Bonchev–Trinajstić information content (AvgIpc) is 2.14. The van der Waals surface area contributed by atoms with E-state index in [4.69, 9.17) is 5.41 Å². The van der Waals surface area contributed by atoms with E-state index in [0.717, 1.165) is 5.71 Å². The highest BCUT2D eigenvalue weighted by molar-refractivity contribution is 6.28. The Balaban J connectivity index is 2.32. The van der Waals surface area contributed by atoms with Gasteiger partial charge >= 0.3 is 0 Å². The molecule has 1 fully saturated rings. The minimum absolute atomic E-state index is 0.329. The number of nitrogens with one attached hydrogen (secondary N) is 2. The van der Waals surface area contributed by atoms with Gasteiger partial charge in [0.1, 0.15) is 0 Å². The molecular formula is C11H19N3. The van der Waals surface area contributed by atoms with Gasteiger partial charge in [-0.15, -0.1) is 0 Å². The molecular weight excluding hydrogens is 174 g/mol. The molecule has 0 radical (unpaired) electrons. The van der Waals surface area contributed by atoms with Crippen LogP contribution >= 0.6 is 0 Å². The Hall–Kier alpha value is -0.960. The van der Waals surface area contributed by atoms with Crippen LogP contribution in [0.15, 0.2) is 17.3 Å². The molecule has 0 atom stereocenters. The number of hydrogen-bond donors (Lipinski definition) is 2. The summed E-state index contributed by atoms with van der Waals surface area (Å²) in [5.41, 5.74) is 1.08. The van der Waals surface area contributed by atoms with E-state index in [1.807, 2.05) is 20.2 Å². The lowest BCUT2D eigenvalue weighted by Gasteiger charge is -2.44. The minimum atomic E-state index is 0.329. The predicted molar refractivity (Wildman–Crippen MR) is 61.2 cm³/mol. The third kappa shape index (κ3) is 2.77. The van der Waals surface area contributed by atoms with Crippen LogP contribution in [0, 0.1) is 11.3 Å². The van der Waals surface area contributed by atoms with E-state index in [-0.39, 0.29) is 0 Å². The Morgan fingerprint density at radius 1 is 1.57 bits per heavy atom. The topological polar surface area (TPSA) is 48.2 Å². The summed E-state index contributed by atoms with van der Waals surface area (Å²) < 4.78 is 0. The molecule has 0 heterocycles. The zero-order valence-corrected chi connectivity index (χ0v) is 9.17. The maximum atomic E-state index is 6.95. The van der Waals surface area contributed by atoms with Crippen molar-refractivity contribution in [1.82, 2.24) is 5.32 Å². The zero-order chi connectivity index (χ0) is 10.6. The normalized spacial score (nSPS) is 33.1. The van der Waals surface area contributed by atoms with Crippen molar-refractivity contribution in [3.8, 4) is 0 Å². The third-order valence-corrected chi connectivity index (χ3v) is 2.87. The second-order valence-electron chi connectivity index (χ2n) is 4.24. The number of rotatable bonds is 4. The van der Waals surface area contributed by atoms with Crippen molar-refractivity contribution in [2.75, 3.05) is 7.05 Å². The summed E-state index contributed by atoms with van der Waals surface area (Å²) in [6.07, 6.45) is 7.58. The van der Waals surface area contributed by atoms with E-state index in [0.29, 0.717) is 11.5 Å². The summed E-state index contributed by atoms with van der Waals surface area (Å²) in [6.45, 7) is 4.07. The van der Waals surface area contributed by atoms with Crippen molar-refractivity contribution < 1.29 is 0 Å². The highest BCUT2D eigenvalue weighted by atomic mass is 15.0. The molecule has 14 heavy (non-hydrogen) atoms. The highest BCUT2D eigenvalue weighted by Crippen LogP contribution is 2.37. The minimum Gasteiger partial charge on any atom is -0.314 e. The van der Waals surface area contributed by atoms with Gasteiger partial charge in [0.05, 0.1) is 5.71 Å². The van der Waals surface area contributed by atoms with Crippen LogP contribution in [0.5, 0.6) is 0 Å². The molecule has 0 amide bonds. The summed E-state index contributed by atoms with van der Waals surface area (Å²) in [5.74, 6) is 0.648. The van der Waals surface area contributed by atoms with E-state index >= 15 is 0 Å². The zero-order valence-electron chi connectivity index (χ0n) is 9.17. The van der Waals surface area contributed by atoms with Crippen LogP contribution in [0.4, 0.5) is 0 Å². The molecule has 0 aromatic heterocycles. The molecule has 1 saturated carbocycles. The molecule has 0 aromatic rings. The lowest BCUT2D eigenvalue weighted by molar-refractivity contribution is 0.166. The number of allylic oxidation sites excluding steroid dienone is 1. The molecule has 3 nitrogen and oxygen atoms in total. The highest BCUT2D eigenvalue weighted by Gasteiger charge is 2.37. The summed E-state index contributed by atoms with van der Waals surface area (Å²) in [6, 6.07) is 0. The first-order valence-electron chi connectivity index (χ1n) is 5.00. The SMILES string of the molecule is CNC1(C)CC(/C=C/N=C(/C)C=N)C1. The quantitative estimate of drug-likeness (QED) is 0.659. The van der Waals surface area contributed by atoms with E-state index in [1.165, 1.54) is 19.1 Å². The Morgan fingerprint density at radius 3 is 2.71 bits per heavy atom. The molecule has 3 heteroatoms. The van der Waals surface area contributed by atoms with Gasteiger partial charge in [-0.3, -0.25) is 4.99 Å². The molecule has 0 bridgehead atoms. The molecule has 78 valence electrons. The summed E-state index contributed by atoms with van der Waals surface area (Å²) in [4.78, 5) is 4.11. The Bertz CT molecular complexity index is 260. The van der Waals surface area contributed by atoms with Crippen molar-refractivity contribution in [2.24, 2.45) is 10.9 Å². The van der Waals surface area contributed by atoms with E-state index in [2.05, 4.69) is 23.3 Å². The number of nitrogens with zero attached hydrogens (tertiary/aromatic N) is 1. The van der Waals surface area contributed by atoms with E-state index < -0.39 is 0 Å². The first-order chi connectivity index (χ1) is 6.59. The van der Waals surface area contributed by atoms with Crippen molar-refractivity contribution in [1.29, 1.82) is 5.41 Å². The molecule has 0 aliphatic heterocycles. The fourth-order valence-electron chi connectivity index (χ4n) is 1.76. The van der Waals surface area contributed by atoms with Gasteiger partial charge in [-0.05, 0) is 39.7 Å². The van der Waals surface area contributed by atoms with Crippen LogP contribution in [0.2, 0.25) is 0 Å². The third-order valence-electron chi connectivity index (χ3n) is 2.87. The first kappa shape index (κ1) is 11.1. The van der Waals surface area contributed by atoms with Crippen molar-refractivity contribution in [2.45, 2.75) is 32.2 Å². The van der Waals surface area contributed by atoms with Gasteiger partial charge in [0, 0.05) is 18.0 Å². The summed E-state index contributed by atoms with van der Waals surface area (Å²) in [7, 11) is 2.01. The van der Waals surface area contributed by atoms with Gasteiger partial charge < -0.3 is 10.7 Å². The molecule has 0 aromatic carbocycles. The van der Waals surface area contributed by atoms with Crippen LogP contribution in [0.25, 0.3) is 0 Å². The monoisotopic (exact) mass is 193 g/mol. The maximum Gasteiger partial charge on any atom is 0.0547 e. The molecule has 0 saturated heterocycles. The average molecular weight is 193 g/mol. The second-order valence-corrected chi connectivity index (χ2v) is 4.24. The fourth-order valence-corrected chi connectivity index (χ4v) is 1.76. The fraction of sp³-hybridized carbons (Fsp3) is 0.636. The molecule has 0 spiro atoms. The molecule has 1 rings (SSSR count). The standard InChI is InChI=1S/C11H19N3/c1-9(8-12)14-5-4-10-6-11(2,7-10)13-3/h4-5,8,10,12-13H,6-7H2,1-3H3/b5-4+,12-8?,14-9-. The van der Waals surface area contributed by atoms with Crippen LogP contribution in [0.3, 0.4) is 0 Å². The Morgan fingerprint density at radius 2 is 2.21 bits per heavy atom. The van der Waals surface area contributed by atoms with E-state index in [9.17, 15) is 0 Å². The van der Waals surface area contributed by atoms with Crippen molar-refractivity contribution in [3.05, 3.63) is 12.3 Å². The van der Waals surface area contributed by atoms with Crippen molar-refractivity contribution in [3.63, 3.8) is 0 Å². The van der Waals surface area contributed by atoms with Gasteiger partial charge in [-0.1, -0.05) is 6.08 Å². The molecule has 1 aliphatic carbocycles. The van der Waals surface area contributed by atoms with Gasteiger partial charge in [0.15, 0.2) is 0 Å². The van der Waals surface area contributed by atoms with Crippen LogP contribution in [-0.2, 0) is 0 Å². The maximum absolute atomic E-state index is 6.95. The largest absolute Gasteiger partial charge is 0.314 e. The van der Waals surface area contributed by atoms with E-state index in [1.54, 1.807) is 0 Å². The van der Waals surface area contributed by atoms with Gasteiger partial charge in [0.25, 0.3) is 0 Å². The smallest absolute Gasteiger partial charge is 0.0547 e. The Kier molecular flexibility index (Phi) is 3.58. The lowest BCUT2D eigenvalue weighted by atomic mass is 9.69.